The number of carbonyl (C=O) groups is 2. The molecule has 0 saturated heterocycles. The molecule has 0 aliphatic rings. The van der Waals surface area contributed by atoms with Gasteiger partial charge in [-0.25, -0.2) is 9.78 Å². The molecule has 1 aromatic heterocycles. The first-order chi connectivity index (χ1) is 15.2. The zero-order chi connectivity index (χ0) is 21.9. The maximum Gasteiger partial charge on any atom is 0.329 e. The molecule has 3 rings (SSSR count). The van der Waals surface area contributed by atoms with Crippen molar-refractivity contribution in [3.63, 3.8) is 0 Å². The Balaban J connectivity index is 1.70. The van der Waals surface area contributed by atoms with Gasteiger partial charge in [0, 0.05) is 37.4 Å². The normalized spacial score (nSPS) is 11.9. The molecule has 0 aliphatic carbocycles. The Hall–Kier alpha value is -3.67. The Bertz CT molecular complexity index is 970. The second-order valence-corrected chi connectivity index (χ2v) is 7.07. The fourth-order valence-corrected chi connectivity index (χ4v) is 3.29. The largest absolute Gasteiger partial charge is 0.464 e. The maximum absolute atomic E-state index is 13.0. The molecule has 0 spiro atoms. The first kappa shape index (κ1) is 22.0. The number of likely N-dealkylation sites (N-methyl/N-ethyl adjacent to an activating group) is 1. The summed E-state index contributed by atoms with van der Waals surface area (Å²) in [6.07, 6.45) is 7.39. The van der Waals surface area contributed by atoms with Crippen LogP contribution in [0.25, 0.3) is 6.08 Å². The number of esters is 1. The Morgan fingerprint density at radius 2 is 1.81 bits per heavy atom. The third kappa shape index (κ3) is 6.67. The SMILES string of the molecule is CCN(C(=O)C=Cc1ccccc1)[C@@H](Cc1cnc[nH]1)C(=O)OCCc1ccccc1. The summed E-state index contributed by atoms with van der Waals surface area (Å²) in [6, 6.07) is 18.7. The summed E-state index contributed by atoms with van der Waals surface area (Å²) in [5, 5.41) is 0. The summed E-state index contributed by atoms with van der Waals surface area (Å²) in [7, 11) is 0. The topological polar surface area (TPSA) is 75.3 Å². The number of ether oxygens (including phenoxy) is 1. The second-order valence-electron chi connectivity index (χ2n) is 7.07. The van der Waals surface area contributed by atoms with E-state index in [1.807, 2.05) is 67.6 Å². The number of nitrogens with one attached hydrogen (secondary N) is 1. The van der Waals surface area contributed by atoms with Crippen molar-refractivity contribution in [2.24, 2.45) is 0 Å². The standard InChI is InChI=1S/C25H27N3O3/c1-2-28(24(29)14-13-20-9-5-3-6-10-20)23(17-22-18-26-19-27-22)25(30)31-16-15-21-11-7-4-8-12-21/h3-14,18-19,23H,2,15-17H2,1H3,(H,26,27)/t23-/m0/s1. The molecule has 0 bridgehead atoms. The average molecular weight is 418 g/mol. The van der Waals surface area contributed by atoms with Crippen LogP contribution in [0.4, 0.5) is 0 Å². The van der Waals surface area contributed by atoms with Gasteiger partial charge in [-0.15, -0.1) is 0 Å². The molecule has 1 heterocycles. The zero-order valence-corrected chi connectivity index (χ0v) is 17.6. The number of hydrogen-bond donors (Lipinski definition) is 1. The molecule has 0 fully saturated rings. The van der Waals surface area contributed by atoms with E-state index >= 15 is 0 Å². The van der Waals surface area contributed by atoms with Crippen molar-refractivity contribution in [3.8, 4) is 0 Å². The summed E-state index contributed by atoms with van der Waals surface area (Å²) in [6.45, 7) is 2.49. The van der Waals surface area contributed by atoms with Crippen LogP contribution in [0.5, 0.6) is 0 Å². The highest BCUT2D eigenvalue weighted by Crippen LogP contribution is 2.12. The molecule has 2 aromatic carbocycles. The number of carbonyl (C=O) groups excluding carboxylic acids is 2. The van der Waals surface area contributed by atoms with Gasteiger partial charge in [0.2, 0.25) is 5.91 Å². The van der Waals surface area contributed by atoms with Crippen LogP contribution in [0.15, 0.2) is 79.3 Å². The molecule has 0 unspecified atom stereocenters. The lowest BCUT2D eigenvalue weighted by Crippen LogP contribution is -2.46. The number of aromatic nitrogens is 2. The van der Waals surface area contributed by atoms with Crippen LogP contribution in [0.2, 0.25) is 0 Å². The monoisotopic (exact) mass is 417 g/mol. The molecule has 1 atom stereocenters. The Morgan fingerprint density at radius 1 is 1.10 bits per heavy atom. The number of hydrogen-bond acceptors (Lipinski definition) is 4. The van der Waals surface area contributed by atoms with Gasteiger partial charge in [0.15, 0.2) is 0 Å². The van der Waals surface area contributed by atoms with Crippen LogP contribution in [-0.4, -0.2) is 45.9 Å². The molecule has 31 heavy (non-hydrogen) atoms. The van der Waals surface area contributed by atoms with Gasteiger partial charge in [-0.3, -0.25) is 4.79 Å². The second kappa shape index (κ2) is 11.5. The number of H-pyrrole nitrogens is 1. The summed E-state index contributed by atoms with van der Waals surface area (Å²) in [5.41, 5.74) is 2.78. The molecule has 0 aliphatic heterocycles. The van der Waals surface area contributed by atoms with Crippen molar-refractivity contribution in [1.82, 2.24) is 14.9 Å². The quantitative estimate of drug-likeness (QED) is 0.403. The number of imidazole rings is 1. The summed E-state index contributed by atoms with van der Waals surface area (Å²) in [5.74, 6) is -0.662. The van der Waals surface area contributed by atoms with Crippen molar-refractivity contribution in [2.45, 2.75) is 25.8 Å². The van der Waals surface area contributed by atoms with E-state index in [1.54, 1.807) is 18.6 Å². The first-order valence-electron chi connectivity index (χ1n) is 10.4. The summed E-state index contributed by atoms with van der Waals surface area (Å²) in [4.78, 5) is 34.4. The minimum absolute atomic E-state index is 0.240. The Morgan fingerprint density at radius 3 is 2.45 bits per heavy atom. The number of nitrogens with zero attached hydrogens (tertiary/aromatic N) is 2. The molecule has 3 aromatic rings. The molecule has 1 amide bonds. The molecule has 1 N–H and O–H groups in total. The van der Waals surface area contributed by atoms with E-state index in [9.17, 15) is 9.59 Å². The fourth-order valence-electron chi connectivity index (χ4n) is 3.29. The predicted molar refractivity (Wildman–Crippen MR) is 120 cm³/mol. The van der Waals surface area contributed by atoms with Crippen LogP contribution in [-0.2, 0) is 27.2 Å². The lowest BCUT2D eigenvalue weighted by molar-refractivity contribution is -0.153. The van der Waals surface area contributed by atoms with E-state index in [2.05, 4.69) is 9.97 Å². The van der Waals surface area contributed by atoms with Crippen LogP contribution >= 0.6 is 0 Å². The van der Waals surface area contributed by atoms with Crippen molar-refractivity contribution >= 4 is 18.0 Å². The van der Waals surface area contributed by atoms with Gasteiger partial charge in [0.25, 0.3) is 0 Å². The van der Waals surface area contributed by atoms with Gasteiger partial charge < -0.3 is 14.6 Å². The zero-order valence-electron chi connectivity index (χ0n) is 17.6. The van der Waals surface area contributed by atoms with Crippen LogP contribution < -0.4 is 0 Å². The lowest BCUT2D eigenvalue weighted by atomic mass is 10.1. The minimum atomic E-state index is -0.742. The van der Waals surface area contributed by atoms with Crippen molar-refractivity contribution < 1.29 is 14.3 Å². The summed E-state index contributed by atoms with van der Waals surface area (Å²) < 4.78 is 5.56. The fraction of sp³-hybridized carbons (Fsp3) is 0.240. The Labute approximate surface area is 182 Å². The Kier molecular flexibility index (Phi) is 8.17. The molecular weight excluding hydrogens is 390 g/mol. The highest BCUT2D eigenvalue weighted by Gasteiger charge is 2.30. The molecule has 0 radical (unpaired) electrons. The van der Waals surface area contributed by atoms with Crippen molar-refractivity contribution in [1.29, 1.82) is 0 Å². The van der Waals surface area contributed by atoms with Crippen LogP contribution in [0, 0.1) is 0 Å². The summed E-state index contributed by atoms with van der Waals surface area (Å²) >= 11 is 0. The van der Waals surface area contributed by atoms with Gasteiger partial charge in [0.05, 0.1) is 12.9 Å². The molecular formula is C25H27N3O3. The number of benzene rings is 2. The van der Waals surface area contributed by atoms with E-state index in [-0.39, 0.29) is 12.5 Å². The van der Waals surface area contributed by atoms with Crippen LogP contribution in [0.1, 0.15) is 23.7 Å². The van der Waals surface area contributed by atoms with Gasteiger partial charge in [-0.1, -0.05) is 60.7 Å². The van der Waals surface area contributed by atoms with E-state index in [4.69, 9.17) is 4.74 Å². The van der Waals surface area contributed by atoms with Crippen molar-refractivity contribution in [3.05, 3.63) is 96.1 Å². The number of aromatic amines is 1. The third-order valence-electron chi connectivity index (χ3n) is 4.94. The maximum atomic E-state index is 13.0. The third-order valence-corrected chi connectivity index (χ3v) is 4.94. The highest BCUT2D eigenvalue weighted by molar-refractivity contribution is 5.94. The van der Waals surface area contributed by atoms with Gasteiger partial charge >= 0.3 is 5.97 Å². The van der Waals surface area contributed by atoms with Crippen LogP contribution in [0.3, 0.4) is 0 Å². The average Bonchev–Trinajstić information content (AvgIpc) is 3.32. The predicted octanol–water partition coefficient (Wildman–Crippen LogP) is 3.67. The first-order valence-corrected chi connectivity index (χ1v) is 10.4. The highest BCUT2D eigenvalue weighted by atomic mass is 16.5. The van der Waals surface area contributed by atoms with E-state index in [0.717, 1.165) is 16.8 Å². The lowest BCUT2D eigenvalue weighted by Gasteiger charge is -2.28. The number of rotatable bonds is 10. The van der Waals surface area contributed by atoms with E-state index < -0.39 is 12.0 Å². The smallest absolute Gasteiger partial charge is 0.329 e. The van der Waals surface area contributed by atoms with E-state index in [0.29, 0.717) is 19.4 Å². The van der Waals surface area contributed by atoms with Gasteiger partial charge in [-0.05, 0) is 24.1 Å². The molecule has 0 saturated carbocycles. The van der Waals surface area contributed by atoms with Crippen molar-refractivity contribution in [2.75, 3.05) is 13.2 Å². The molecule has 6 heteroatoms. The van der Waals surface area contributed by atoms with E-state index in [1.165, 1.54) is 11.0 Å². The molecule has 160 valence electrons. The molecule has 6 nitrogen and oxygen atoms in total. The minimum Gasteiger partial charge on any atom is -0.464 e. The van der Waals surface area contributed by atoms with Gasteiger partial charge in [-0.2, -0.15) is 0 Å². The van der Waals surface area contributed by atoms with Gasteiger partial charge in [0.1, 0.15) is 6.04 Å². The number of amides is 1.